The maximum atomic E-state index is 12.5. The van der Waals surface area contributed by atoms with Gasteiger partial charge in [0, 0.05) is 36.6 Å². The maximum absolute atomic E-state index is 12.5. The van der Waals surface area contributed by atoms with Crippen LogP contribution in [0.2, 0.25) is 0 Å². The van der Waals surface area contributed by atoms with Crippen molar-refractivity contribution in [2.45, 2.75) is 44.2 Å². The predicted molar refractivity (Wildman–Crippen MR) is 99.6 cm³/mol. The van der Waals surface area contributed by atoms with Gasteiger partial charge in [-0.15, -0.1) is 0 Å². The lowest BCUT2D eigenvalue weighted by Crippen LogP contribution is -2.40. The van der Waals surface area contributed by atoms with Crippen molar-refractivity contribution in [3.05, 3.63) is 24.3 Å². The molecule has 1 unspecified atom stereocenters. The van der Waals surface area contributed by atoms with E-state index in [-0.39, 0.29) is 11.9 Å². The van der Waals surface area contributed by atoms with Gasteiger partial charge in [0.1, 0.15) is 0 Å². The van der Waals surface area contributed by atoms with Crippen LogP contribution in [0.4, 0.5) is 5.95 Å². The van der Waals surface area contributed by atoms with E-state index in [9.17, 15) is 4.79 Å². The molecule has 4 rings (SSSR count). The van der Waals surface area contributed by atoms with Gasteiger partial charge in [-0.25, -0.2) is 4.98 Å². The van der Waals surface area contributed by atoms with Crippen LogP contribution in [0.25, 0.3) is 11.0 Å². The minimum atomic E-state index is 0.0598. The number of rotatable bonds is 4. The van der Waals surface area contributed by atoms with Gasteiger partial charge >= 0.3 is 0 Å². The Bertz CT molecular complexity index is 717. The Morgan fingerprint density at radius 2 is 2.17 bits per heavy atom. The lowest BCUT2D eigenvalue weighted by molar-refractivity contribution is -0.116. The number of amides is 1. The van der Waals surface area contributed by atoms with E-state index in [0.29, 0.717) is 12.5 Å². The Kier molecular flexibility index (Phi) is 4.76. The third-order valence-corrected chi connectivity index (χ3v) is 6.10. The molecule has 6 heteroatoms. The third kappa shape index (κ3) is 3.30. The Balaban J connectivity index is 1.56. The lowest BCUT2D eigenvalue weighted by Gasteiger charge is -2.23. The standard InChI is InChI=1S/C18H24N4OS/c23-17(11-13-12-24-10-9-19-13)21-18-20-15-7-3-4-8-16(15)22(18)14-5-1-2-6-14/h3-4,7-8,13-14,19H,1-2,5-6,9-12H2,(H,20,21,23). The van der Waals surface area contributed by atoms with Gasteiger partial charge < -0.3 is 9.88 Å². The number of thioether (sulfide) groups is 1. The number of hydrogen-bond acceptors (Lipinski definition) is 4. The second-order valence-electron chi connectivity index (χ2n) is 6.71. The molecule has 1 aromatic carbocycles. The zero-order valence-electron chi connectivity index (χ0n) is 13.8. The molecule has 2 aliphatic rings. The number of carbonyl (C=O) groups is 1. The van der Waals surface area contributed by atoms with Crippen molar-refractivity contribution in [2.75, 3.05) is 23.4 Å². The fraction of sp³-hybridized carbons (Fsp3) is 0.556. The Labute approximate surface area is 146 Å². The molecule has 128 valence electrons. The Hall–Kier alpha value is -1.53. The number of para-hydroxylation sites is 2. The predicted octanol–water partition coefficient (Wildman–Crippen LogP) is 3.19. The highest BCUT2D eigenvalue weighted by molar-refractivity contribution is 7.99. The van der Waals surface area contributed by atoms with Crippen molar-refractivity contribution < 1.29 is 4.79 Å². The molecule has 1 saturated heterocycles. The van der Waals surface area contributed by atoms with Crippen LogP contribution in [0, 0.1) is 0 Å². The number of fused-ring (bicyclic) bond motifs is 1. The normalized spacial score (nSPS) is 22.1. The molecule has 2 heterocycles. The first-order valence-corrected chi connectivity index (χ1v) is 10.0. The highest BCUT2D eigenvalue weighted by atomic mass is 32.2. The van der Waals surface area contributed by atoms with Crippen molar-refractivity contribution in [3.8, 4) is 0 Å². The molecule has 0 spiro atoms. The fourth-order valence-electron chi connectivity index (χ4n) is 3.82. The monoisotopic (exact) mass is 344 g/mol. The first-order chi connectivity index (χ1) is 11.8. The van der Waals surface area contributed by atoms with Gasteiger partial charge in [0.2, 0.25) is 11.9 Å². The molecule has 5 nitrogen and oxygen atoms in total. The van der Waals surface area contributed by atoms with Crippen LogP contribution in [0.1, 0.15) is 38.1 Å². The molecule has 24 heavy (non-hydrogen) atoms. The second-order valence-corrected chi connectivity index (χ2v) is 7.86. The molecule has 0 radical (unpaired) electrons. The number of nitrogens with one attached hydrogen (secondary N) is 2. The van der Waals surface area contributed by atoms with Crippen LogP contribution in [0.15, 0.2) is 24.3 Å². The van der Waals surface area contributed by atoms with Crippen molar-refractivity contribution in [2.24, 2.45) is 0 Å². The summed E-state index contributed by atoms with van der Waals surface area (Å²) in [6.07, 6.45) is 5.37. The van der Waals surface area contributed by atoms with E-state index in [2.05, 4.69) is 21.3 Å². The Morgan fingerprint density at radius 1 is 1.33 bits per heavy atom. The summed E-state index contributed by atoms with van der Waals surface area (Å²) in [6.45, 7) is 0.989. The highest BCUT2D eigenvalue weighted by Crippen LogP contribution is 2.35. The summed E-state index contributed by atoms with van der Waals surface area (Å²) in [5, 5.41) is 6.51. The van der Waals surface area contributed by atoms with Crippen molar-refractivity contribution in [3.63, 3.8) is 0 Å². The van der Waals surface area contributed by atoms with Crippen LogP contribution in [0.5, 0.6) is 0 Å². The van der Waals surface area contributed by atoms with Crippen LogP contribution >= 0.6 is 11.8 Å². The molecule has 2 N–H and O–H groups in total. The molecule has 1 atom stereocenters. The van der Waals surface area contributed by atoms with Crippen molar-refractivity contribution in [1.29, 1.82) is 0 Å². The summed E-state index contributed by atoms with van der Waals surface area (Å²) in [7, 11) is 0. The number of benzene rings is 1. The van der Waals surface area contributed by atoms with Crippen molar-refractivity contribution >= 4 is 34.7 Å². The summed E-state index contributed by atoms with van der Waals surface area (Å²) >= 11 is 1.92. The molecule has 0 bridgehead atoms. The molecule has 2 fully saturated rings. The van der Waals surface area contributed by atoms with E-state index in [0.717, 1.165) is 35.0 Å². The molecule has 1 amide bonds. The average molecular weight is 344 g/mol. The minimum absolute atomic E-state index is 0.0598. The van der Waals surface area contributed by atoms with Crippen LogP contribution in [-0.4, -0.2) is 39.6 Å². The van der Waals surface area contributed by atoms with E-state index in [1.54, 1.807) is 0 Å². The summed E-state index contributed by atoms with van der Waals surface area (Å²) < 4.78 is 2.25. The van der Waals surface area contributed by atoms with Crippen LogP contribution in [0.3, 0.4) is 0 Å². The van der Waals surface area contributed by atoms with Crippen molar-refractivity contribution in [1.82, 2.24) is 14.9 Å². The fourth-order valence-corrected chi connectivity index (χ4v) is 4.76. The molecule has 1 aromatic heterocycles. The molecular weight excluding hydrogens is 320 g/mol. The van der Waals surface area contributed by atoms with Gasteiger partial charge in [-0.2, -0.15) is 11.8 Å². The van der Waals surface area contributed by atoms with Gasteiger partial charge in [0.05, 0.1) is 11.0 Å². The van der Waals surface area contributed by atoms with Gasteiger partial charge in [-0.1, -0.05) is 25.0 Å². The first-order valence-electron chi connectivity index (χ1n) is 8.89. The summed E-state index contributed by atoms with van der Waals surface area (Å²) in [4.78, 5) is 17.2. The smallest absolute Gasteiger partial charge is 0.228 e. The maximum Gasteiger partial charge on any atom is 0.228 e. The number of anilines is 1. The first kappa shape index (κ1) is 16.0. The highest BCUT2D eigenvalue weighted by Gasteiger charge is 2.24. The van der Waals surface area contributed by atoms with Crippen LogP contribution < -0.4 is 10.6 Å². The summed E-state index contributed by atoms with van der Waals surface area (Å²) in [6, 6.07) is 8.91. The zero-order chi connectivity index (χ0) is 16.4. The van der Waals surface area contributed by atoms with Gasteiger partial charge in [-0.05, 0) is 25.0 Å². The molecule has 1 aliphatic heterocycles. The number of hydrogen-bond donors (Lipinski definition) is 2. The Morgan fingerprint density at radius 3 is 2.96 bits per heavy atom. The van der Waals surface area contributed by atoms with Crippen LogP contribution in [-0.2, 0) is 4.79 Å². The second kappa shape index (κ2) is 7.15. The van der Waals surface area contributed by atoms with E-state index in [4.69, 9.17) is 4.98 Å². The van der Waals surface area contributed by atoms with Gasteiger partial charge in [0.25, 0.3) is 0 Å². The number of carbonyl (C=O) groups excluding carboxylic acids is 1. The van der Waals surface area contributed by atoms with Gasteiger partial charge in [-0.3, -0.25) is 10.1 Å². The topological polar surface area (TPSA) is 59.0 Å². The van der Waals surface area contributed by atoms with E-state index in [1.165, 1.54) is 25.7 Å². The minimum Gasteiger partial charge on any atom is -0.312 e. The van der Waals surface area contributed by atoms with E-state index in [1.807, 2.05) is 30.0 Å². The lowest BCUT2D eigenvalue weighted by atomic mass is 10.2. The quantitative estimate of drug-likeness (QED) is 0.894. The zero-order valence-corrected chi connectivity index (χ0v) is 14.6. The van der Waals surface area contributed by atoms with Gasteiger partial charge in [0.15, 0.2) is 0 Å². The SMILES string of the molecule is O=C(CC1CSCCN1)Nc1nc2ccccc2n1C1CCCC1. The number of nitrogens with zero attached hydrogens (tertiary/aromatic N) is 2. The molecule has 1 aliphatic carbocycles. The average Bonchev–Trinajstić information content (AvgIpc) is 3.22. The molecule has 2 aromatic rings. The third-order valence-electron chi connectivity index (χ3n) is 4.97. The molecular formula is C18H24N4OS. The summed E-state index contributed by atoms with van der Waals surface area (Å²) in [5.41, 5.74) is 2.09. The summed E-state index contributed by atoms with van der Waals surface area (Å²) in [5.74, 6) is 2.92. The largest absolute Gasteiger partial charge is 0.312 e. The number of aromatic nitrogens is 2. The van der Waals surface area contributed by atoms with E-state index >= 15 is 0 Å². The number of imidazole rings is 1. The molecule has 1 saturated carbocycles. The van der Waals surface area contributed by atoms with E-state index < -0.39 is 0 Å².